The van der Waals surface area contributed by atoms with Crippen LogP contribution >= 0.6 is 23.2 Å². The minimum Gasteiger partial charge on any atom is -0.481 e. The summed E-state index contributed by atoms with van der Waals surface area (Å²) in [6, 6.07) is 4.52. The van der Waals surface area contributed by atoms with Crippen molar-refractivity contribution >= 4 is 40.9 Å². The molecule has 1 atom stereocenters. The summed E-state index contributed by atoms with van der Waals surface area (Å²) >= 11 is 11.9. The average molecular weight is 303 g/mol. The van der Waals surface area contributed by atoms with Crippen molar-refractivity contribution in [3.05, 3.63) is 28.2 Å². The van der Waals surface area contributed by atoms with Crippen LogP contribution in [0.15, 0.2) is 18.2 Å². The number of hydrogen-bond donors (Lipinski definition) is 2. The van der Waals surface area contributed by atoms with E-state index in [9.17, 15) is 9.59 Å². The maximum absolute atomic E-state index is 12.0. The van der Waals surface area contributed by atoms with Gasteiger partial charge >= 0.3 is 12.0 Å². The van der Waals surface area contributed by atoms with Crippen molar-refractivity contribution in [3.8, 4) is 0 Å². The van der Waals surface area contributed by atoms with Crippen LogP contribution in [0.3, 0.4) is 0 Å². The number of carboxylic acids is 1. The minimum atomic E-state index is -0.883. The summed E-state index contributed by atoms with van der Waals surface area (Å²) < 4.78 is 0. The highest BCUT2D eigenvalue weighted by Crippen LogP contribution is 2.30. The molecule has 0 bridgehead atoms. The summed E-state index contributed by atoms with van der Waals surface area (Å²) in [5.41, 5.74) is 0.342. The summed E-state index contributed by atoms with van der Waals surface area (Å²) in [6.07, 6.45) is 0.457. The van der Waals surface area contributed by atoms with Gasteiger partial charge in [0.25, 0.3) is 0 Å². The Kier molecular flexibility index (Phi) is 4.17. The van der Waals surface area contributed by atoms with Crippen LogP contribution < -0.4 is 5.32 Å². The number of para-hydroxylation sites is 1. The molecule has 1 aliphatic rings. The van der Waals surface area contributed by atoms with E-state index in [1.54, 1.807) is 18.2 Å². The molecule has 5 nitrogen and oxygen atoms in total. The second kappa shape index (κ2) is 5.67. The summed E-state index contributed by atoms with van der Waals surface area (Å²) in [5, 5.41) is 12.2. The van der Waals surface area contributed by atoms with Crippen LogP contribution in [0, 0.1) is 5.92 Å². The highest BCUT2D eigenvalue weighted by Gasteiger charge is 2.31. The number of aliphatic carboxylic acids is 1. The molecule has 0 saturated carbocycles. The van der Waals surface area contributed by atoms with Gasteiger partial charge in [-0.15, -0.1) is 0 Å². The van der Waals surface area contributed by atoms with E-state index in [-0.39, 0.29) is 6.54 Å². The van der Waals surface area contributed by atoms with Crippen LogP contribution in [0.5, 0.6) is 0 Å². The molecule has 102 valence electrons. The lowest BCUT2D eigenvalue weighted by Gasteiger charge is -2.18. The number of carbonyl (C=O) groups excluding carboxylic acids is 1. The Labute approximate surface area is 120 Å². The first-order valence-corrected chi connectivity index (χ1v) is 6.47. The van der Waals surface area contributed by atoms with Gasteiger partial charge in [-0.05, 0) is 18.6 Å². The van der Waals surface area contributed by atoms with Gasteiger partial charge in [0.15, 0.2) is 0 Å². The van der Waals surface area contributed by atoms with Gasteiger partial charge in [-0.3, -0.25) is 4.79 Å². The predicted octanol–water partition coefficient (Wildman–Crippen LogP) is 2.93. The van der Waals surface area contributed by atoms with Gasteiger partial charge in [0.05, 0.1) is 21.7 Å². The first-order chi connectivity index (χ1) is 8.99. The molecule has 19 heavy (non-hydrogen) atoms. The minimum absolute atomic E-state index is 0.198. The summed E-state index contributed by atoms with van der Waals surface area (Å²) in [6.45, 7) is 0.605. The standard InChI is InChI=1S/C12H12Cl2N2O3/c13-8-2-1-3-9(14)10(8)15-12(19)16-5-4-7(6-16)11(17)18/h1-3,7H,4-6H2,(H,15,19)(H,17,18). The largest absolute Gasteiger partial charge is 0.481 e. The Morgan fingerprint density at radius 1 is 1.32 bits per heavy atom. The Balaban J connectivity index is 2.04. The second-order valence-corrected chi connectivity index (χ2v) is 5.11. The van der Waals surface area contributed by atoms with Crippen molar-refractivity contribution in [1.82, 2.24) is 4.90 Å². The molecular weight excluding hydrogens is 291 g/mol. The van der Waals surface area contributed by atoms with Crippen molar-refractivity contribution in [3.63, 3.8) is 0 Å². The zero-order chi connectivity index (χ0) is 14.0. The number of hydrogen-bond acceptors (Lipinski definition) is 2. The second-order valence-electron chi connectivity index (χ2n) is 4.30. The van der Waals surface area contributed by atoms with Crippen molar-refractivity contribution in [2.24, 2.45) is 5.92 Å². The number of halogens is 2. The molecule has 2 N–H and O–H groups in total. The molecule has 2 amide bonds. The molecule has 1 heterocycles. The lowest BCUT2D eigenvalue weighted by molar-refractivity contribution is -0.141. The summed E-state index contributed by atoms with van der Waals surface area (Å²) in [4.78, 5) is 24.3. The molecule has 1 saturated heterocycles. The molecule has 1 aromatic rings. The smallest absolute Gasteiger partial charge is 0.321 e. The fourth-order valence-electron chi connectivity index (χ4n) is 1.95. The first-order valence-electron chi connectivity index (χ1n) is 5.72. The normalized spacial score (nSPS) is 18.4. The SMILES string of the molecule is O=C(O)C1CCN(C(=O)Nc2c(Cl)cccc2Cl)C1. The van der Waals surface area contributed by atoms with E-state index in [0.717, 1.165) is 0 Å². The molecule has 0 aromatic heterocycles. The van der Waals surface area contributed by atoms with Gasteiger partial charge in [-0.2, -0.15) is 0 Å². The quantitative estimate of drug-likeness (QED) is 0.882. The molecule has 1 unspecified atom stereocenters. The van der Waals surface area contributed by atoms with Gasteiger partial charge in [0.1, 0.15) is 0 Å². The van der Waals surface area contributed by atoms with Crippen LogP contribution in [0.2, 0.25) is 10.0 Å². The van der Waals surface area contributed by atoms with E-state index in [2.05, 4.69) is 5.32 Å². The molecule has 1 aromatic carbocycles. The zero-order valence-electron chi connectivity index (χ0n) is 9.90. The Bertz CT molecular complexity index is 501. The predicted molar refractivity (Wildman–Crippen MR) is 72.8 cm³/mol. The van der Waals surface area contributed by atoms with Gasteiger partial charge in [0, 0.05) is 13.1 Å². The van der Waals surface area contributed by atoms with Crippen molar-refractivity contribution in [2.75, 3.05) is 18.4 Å². The number of rotatable bonds is 2. The van der Waals surface area contributed by atoms with E-state index in [1.165, 1.54) is 4.90 Å². The van der Waals surface area contributed by atoms with E-state index in [4.69, 9.17) is 28.3 Å². The zero-order valence-corrected chi connectivity index (χ0v) is 11.4. The Hall–Kier alpha value is -1.46. The number of carboxylic acid groups (broad SMARTS) is 1. The number of nitrogens with zero attached hydrogens (tertiary/aromatic N) is 1. The third kappa shape index (κ3) is 3.11. The highest BCUT2D eigenvalue weighted by molar-refractivity contribution is 6.39. The lowest BCUT2D eigenvalue weighted by atomic mass is 10.1. The maximum atomic E-state index is 12.0. The average Bonchev–Trinajstić information content (AvgIpc) is 2.83. The van der Waals surface area contributed by atoms with Crippen LogP contribution in [0.1, 0.15) is 6.42 Å². The van der Waals surface area contributed by atoms with E-state index in [1.807, 2.05) is 0 Å². The maximum Gasteiger partial charge on any atom is 0.321 e. The number of likely N-dealkylation sites (tertiary alicyclic amines) is 1. The Morgan fingerprint density at radius 2 is 1.95 bits per heavy atom. The number of carbonyl (C=O) groups is 2. The fraction of sp³-hybridized carbons (Fsp3) is 0.333. The number of nitrogens with one attached hydrogen (secondary N) is 1. The monoisotopic (exact) mass is 302 g/mol. The molecule has 7 heteroatoms. The van der Waals surface area contributed by atoms with Crippen LogP contribution in [0.4, 0.5) is 10.5 Å². The van der Waals surface area contributed by atoms with Crippen LogP contribution in [-0.2, 0) is 4.79 Å². The molecule has 0 spiro atoms. The number of anilines is 1. The van der Waals surface area contributed by atoms with E-state index < -0.39 is 17.9 Å². The molecule has 1 fully saturated rings. The van der Waals surface area contributed by atoms with Crippen LogP contribution in [0.25, 0.3) is 0 Å². The lowest BCUT2D eigenvalue weighted by Crippen LogP contribution is -2.33. The van der Waals surface area contributed by atoms with Crippen LogP contribution in [-0.4, -0.2) is 35.1 Å². The van der Waals surface area contributed by atoms with Crippen molar-refractivity contribution in [2.45, 2.75) is 6.42 Å². The third-order valence-corrected chi connectivity index (χ3v) is 3.65. The highest BCUT2D eigenvalue weighted by atomic mass is 35.5. The summed E-state index contributed by atoms with van der Waals surface area (Å²) in [5.74, 6) is -1.39. The van der Waals surface area contributed by atoms with Gasteiger partial charge in [-0.1, -0.05) is 29.3 Å². The molecule has 2 rings (SSSR count). The number of amides is 2. The van der Waals surface area contributed by atoms with Crippen molar-refractivity contribution < 1.29 is 14.7 Å². The molecular formula is C12H12Cl2N2O3. The molecule has 0 radical (unpaired) electrons. The van der Waals surface area contributed by atoms with Gasteiger partial charge < -0.3 is 15.3 Å². The van der Waals surface area contributed by atoms with E-state index >= 15 is 0 Å². The van der Waals surface area contributed by atoms with Crippen molar-refractivity contribution in [1.29, 1.82) is 0 Å². The summed E-state index contributed by atoms with van der Waals surface area (Å²) in [7, 11) is 0. The van der Waals surface area contributed by atoms with Gasteiger partial charge in [-0.25, -0.2) is 4.79 Å². The topological polar surface area (TPSA) is 69.6 Å². The van der Waals surface area contributed by atoms with E-state index in [0.29, 0.717) is 28.7 Å². The number of benzene rings is 1. The fourth-order valence-corrected chi connectivity index (χ4v) is 2.44. The molecule has 1 aliphatic heterocycles. The number of urea groups is 1. The third-order valence-electron chi connectivity index (χ3n) is 3.02. The first kappa shape index (κ1) is 14.0. The Morgan fingerprint density at radius 3 is 2.47 bits per heavy atom. The molecule has 0 aliphatic carbocycles. The van der Waals surface area contributed by atoms with Gasteiger partial charge in [0.2, 0.25) is 0 Å².